The molecule has 0 saturated heterocycles. The minimum absolute atomic E-state index is 0.535. The zero-order valence-electron chi connectivity index (χ0n) is 11.8. The molecule has 102 valence electrons. The van der Waals surface area contributed by atoms with Crippen LogP contribution in [0.1, 0.15) is 38.5 Å². The van der Waals surface area contributed by atoms with E-state index in [0.717, 1.165) is 17.0 Å². The van der Waals surface area contributed by atoms with Crippen LogP contribution in [-0.2, 0) is 0 Å². The number of nitrogens with zero attached hydrogens (tertiary/aromatic N) is 2. The summed E-state index contributed by atoms with van der Waals surface area (Å²) in [5.41, 5.74) is 2.58. The maximum absolute atomic E-state index is 4.75. The number of hydrogen-bond acceptors (Lipinski definition) is 2. The smallest absolute Gasteiger partial charge is 0.0743 e. The number of pyridine rings is 1. The third kappa shape index (κ3) is 2.04. The van der Waals surface area contributed by atoms with E-state index in [-0.39, 0.29) is 0 Å². The number of hydrogen-bond donors (Lipinski definition) is 0. The van der Waals surface area contributed by atoms with E-state index < -0.39 is 0 Å². The molecule has 0 amide bonds. The van der Waals surface area contributed by atoms with Crippen molar-refractivity contribution in [2.24, 2.45) is 16.8 Å². The SMILES string of the molecule is C1=CC(CC2CCCCC2)C2=c3cnccc3=NC2=C1. The second-order valence-electron chi connectivity index (χ2n) is 6.20. The van der Waals surface area contributed by atoms with E-state index in [9.17, 15) is 0 Å². The zero-order valence-corrected chi connectivity index (χ0v) is 11.8. The zero-order chi connectivity index (χ0) is 13.4. The Kier molecular flexibility index (Phi) is 3.02. The minimum Gasteiger partial charge on any atom is -0.264 e. The highest BCUT2D eigenvalue weighted by Gasteiger charge is 2.26. The number of rotatable bonds is 2. The van der Waals surface area contributed by atoms with Crippen molar-refractivity contribution in [3.05, 3.63) is 53.0 Å². The molecule has 1 saturated carbocycles. The van der Waals surface area contributed by atoms with Crippen molar-refractivity contribution in [2.45, 2.75) is 38.5 Å². The molecule has 0 bridgehead atoms. The summed E-state index contributed by atoms with van der Waals surface area (Å²) in [7, 11) is 0. The molecule has 3 aliphatic rings. The van der Waals surface area contributed by atoms with Crippen LogP contribution in [0.25, 0.3) is 5.57 Å². The van der Waals surface area contributed by atoms with E-state index in [4.69, 9.17) is 4.99 Å². The summed E-state index contributed by atoms with van der Waals surface area (Å²) in [6.45, 7) is 0. The fourth-order valence-corrected chi connectivity index (χ4v) is 3.89. The Hall–Kier alpha value is -1.70. The molecule has 0 radical (unpaired) electrons. The third-order valence-electron chi connectivity index (χ3n) is 4.89. The van der Waals surface area contributed by atoms with E-state index >= 15 is 0 Å². The molecular formula is C18H20N2. The molecule has 2 heterocycles. The van der Waals surface area contributed by atoms with Crippen molar-refractivity contribution in [1.29, 1.82) is 0 Å². The maximum Gasteiger partial charge on any atom is 0.0743 e. The Morgan fingerprint density at radius 1 is 1.15 bits per heavy atom. The first-order valence-electron chi connectivity index (χ1n) is 7.83. The van der Waals surface area contributed by atoms with Gasteiger partial charge in [0, 0.05) is 23.5 Å². The minimum atomic E-state index is 0.535. The van der Waals surface area contributed by atoms with Gasteiger partial charge in [-0.25, -0.2) is 4.99 Å². The van der Waals surface area contributed by atoms with Crippen LogP contribution in [-0.4, -0.2) is 4.98 Å². The van der Waals surface area contributed by atoms with Crippen molar-refractivity contribution in [1.82, 2.24) is 4.98 Å². The highest BCUT2D eigenvalue weighted by molar-refractivity contribution is 5.71. The van der Waals surface area contributed by atoms with Gasteiger partial charge in [0.05, 0.1) is 11.1 Å². The van der Waals surface area contributed by atoms with Crippen molar-refractivity contribution < 1.29 is 0 Å². The third-order valence-corrected chi connectivity index (χ3v) is 4.89. The lowest BCUT2D eigenvalue weighted by Crippen LogP contribution is -2.26. The molecule has 1 aromatic heterocycles. The van der Waals surface area contributed by atoms with Gasteiger partial charge in [0.15, 0.2) is 0 Å². The van der Waals surface area contributed by atoms with Crippen LogP contribution in [0.2, 0.25) is 0 Å². The fraction of sp³-hybridized carbons (Fsp3) is 0.444. The Labute approximate surface area is 119 Å². The summed E-state index contributed by atoms with van der Waals surface area (Å²) >= 11 is 0. The van der Waals surface area contributed by atoms with E-state index in [2.05, 4.69) is 23.2 Å². The van der Waals surface area contributed by atoms with Gasteiger partial charge >= 0.3 is 0 Å². The molecule has 0 aromatic carbocycles. The van der Waals surface area contributed by atoms with Crippen LogP contribution in [0.5, 0.6) is 0 Å². The molecular weight excluding hydrogens is 244 g/mol. The molecule has 0 spiro atoms. The van der Waals surface area contributed by atoms with Gasteiger partial charge in [-0.15, -0.1) is 0 Å². The molecule has 1 fully saturated rings. The first kappa shape index (κ1) is 12.1. The van der Waals surface area contributed by atoms with E-state index in [1.165, 1.54) is 49.3 Å². The van der Waals surface area contributed by atoms with Gasteiger partial charge in [-0.2, -0.15) is 0 Å². The second-order valence-corrected chi connectivity index (χ2v) is 6.20. The van der Waals surface area contributed by atoms with Gasteiger partial charge < -0.3 is 0 Å². The van der Waals surface area contributed by atoms with E-state index in [1.807, 2.05) is 18.5 Å². The van der Waals surface area contributed by atoms with Gasteiger partial charge in [0.25, 0.3) is 0 Å². The van der Waals surface area contributed by atoms with Crippen LogP contribution in [0.15, 0.2) is 47.4 Å². The van der Waals surface area contributed by atoms with Gasteiger partial charge in [-0.1, -0.05) is 44.3 Å². The molecule has 1 aromatic rings. The van der Waals surface area contributed by atoms with E-state index in [1.54, 1.807) is 0 Å². The summed E-state index contributed by atoms with van der Waals surface area (Å²) in [6.07, 6.45) is 18.9. The van der Waals surface area contributed by atoms with Crippen molar-refractivity contribution in [3.63, 3.8) is 0 Å². The topological polar surface area (TPSA) is 25.2 Å². The lowest BCUT2D eigenvalue weighted by Gasteiger charge is -2.27. The quantitative estimate of drug-likeness (QED) is 0.806. The molecule has 1 aliphatic heterocycles. The molecule has 2 aliphatic carbocycles. The average Bonchev–Trinajstić information content (AvgIpc) is 2.88. The Morgan fingerprint density at radius 2 is 2.05 bits per heavy atom. The molecule has 0 N–H and O–H groups in total. The van der Waals surface area contributed by atoms with Crippen molar-refractivity contribution in [2.75, 3.05) is 0 Å². The second kappa shape index (κ2) is 5.01. The van der Waals surface area contributed by atoms with E-state index in [0.29, 0.717) is 5.92 Å². The van der Waals surface area contributed by atoms with Gasteiger partial charge in [-0.3, -0.25) is 4.98 Å². The number of aromatic nitrogens is 1. The highest BCUT2D eigenvalue weighted by atomic mass is 14.8. The molecule has 2 heteroatoms. The van der Waals surface area contributed by atoms with Crippen LogP contribution in [0, 0.1) is 11.8 Å². The van der Waals surface area contributed by atoms with Crippen LogP contribution < -0.4 is 10.6 Å². The average molecular weight is 264 g/mol. The summed E-state index contributed by atoms with van der Waals surface area (Å²) < 4.78 is 0. The monoisotopic (exact) mass is 264 g/mol. The van der Waals surface area contributed by atoms with Crippen LogP contribution >= 0.6 is 0 Å². The first-order chi connectivity index (χ1) is 9.92. The van der Waals surface area contributed by atoms with Gasteiger partial charge in [-0.05, 0) is 30.1 Å². The number of fused-ring (bicyclic) bond motifs is 2. The summed E-state index contributed by atoms with van der Waals surface area (Å²) in [4.78, 5) is 9.05. The molecule has 1 atom stereocenters. The Balaban J connectivity index is 1.70. The lowest BCUT2D eigenvalue weighted by atomic mass is 9.78. The molecule has 2 nitrogen and oxygen atoms in total. The van der Waals surface area contributed by atoms with Crippen LogP contribution in [0.4, 0.5) is 0 Å². The normalized spacial score (nSPS) is 24.9. The summed E-state index contributed by atoms with van der Waals surface area (Å²) in [5.74, 6) is 1.43. The highest BCUT2D eigenvalue weighted by Crippen LogP contribution is 2.36. The predicted octanol–water partition coefficient (Wildman–Crippen LogP) is 2.91. The molecule has 4 rings (SSSR count). The first-order valence-corrected chi connectivity index (χ1v) is 7.83. The molecule has 20 heavy (non-hydrogen) atoms. The standard InChI is InChI=1S/C18H20N2/c1-2-5-13(6-3-1)11-14-7-4-8-17-18(14)15-12-19-10-9-16(15)20-17/h4,7-10,12-14H,1-3,5-6,11H2. The fourth-order valence-electron chi connectivity index (χ4n) is 3.89. The largest absolute Gasteiger partial charge is 0.264 e. The van der Waals surface area contributed by atoms with Crippen molar-refractivity contribution >= 4 is 5.57 Å². The Morgan fingerprint density at radius 3 is 2.95 bits per heavy atom. The number of allylic oxidation sites excluding steroid dienone is 4. The van der Waals surface area contributed by atoms with Gasteiger partial charge in [0.1, 0.15) is 0 Å². The van der Waals surface area contributed by atoms with Crippen LogP contribution in [0.3, 0.4) is 0 Å². The maximum atomic E-state index is 4.75. The Bertz CT molecular complexity index is 690. The lowest BCUT2D eigenvalue weighted by molar-refractivity contribution is 0.325. The van der Waals surface area contributed by atoms with Gasteiger partial charge in [0.2, 0.25) is 0 Å². The predicted molar refractivity (Wildman–Crippen MR) is 80.3 cm³/mol. The molecule has 1 unspecified atom stereocenters. The van der Waals surface area contributed by atoms with Crippen molar-refractivity contribution in [3.8, 4) is 0 Å². The summed E-state index contributed by atoms with van der Waals surface area (Å²) in [6, 6.07) is 2.03. The summed E-state index contributed by atoms with van der Waals surface area (Å²) in [5, 5.41) is 2.35.